The van der Waals surface area contributed by atoms with Crippen molar-refractivity contribution in [1.82, 2.24) is 0 Å². The van der Waals surface area contributed by atoms with Gasteiger partial charge in [0.05, 0.1) is 5.92 Å². The van der Waals surface area contributed by atoms with Gasteiger partial charge in [-0.3, -0.25) is 9.59 Å². The van der Waals surface area contributed by atoms with Crippen LogP contribution in [0.5, 0.6) is 0 Å². The van der Waals surface area contributed by atoms with E-state index in [9.17, 15) is 9.59 Å². The number of hydrogen-bond donors (Lipinski definition) is 2. The number of nitrogens with two attached hydrogens (primary N) is 1. The number of rotatable bonds is 3. The molecule has 17 heavy (non-hydrogen) atoms. The Labute approximate surface area is 98.8 Å². The van der Waals surface area contributed by atoms with Crippen molar-refractivity contribution in [3.05, 3.63) is 29.8 Å². The fraction of sp³-hybridized carbons (Fsp3) is 0.333. The van der Waals surface area contributed by atoms with Crippen LogP contribution in [0.25, 0.3) is 0 Å². The largest absolute Gasteiger partial charge is 0.481 e. The van der Waals surface area contributed by atoms with E-state index in [0.717, 1.165) is 11.3 Å². The Hall–Kier alpha value is -1.88. The highest BCUT2D eigenvalue weighted by Gasteiger charge is 2.34. The predicted octanol–water partition coefficient (Wildman–Crippen LogP) is 0.583. The number of benzene rings is 1. The average Bonchev–Trinajstić information content (AvgIpc) is 2.72. The number of carbonyl (C=O) groups excluding carboxylic acids is 1. The lowest BCUT2D eigenvalue weighted by molar-refractivity contribution is -0.141. The quantitative estimate of drug-likeness (QED) is 0.801. The third-order valence-corrected chi connectivity index (χ3v) is 2.93. The van der Waals surface area contributed by atoms with Gasteiger partial charge in [0.2, 0.25) is 5.91 Å². The lowest BCUT2D eigenvalue weighted by Gasteiger charge is -2.16. The summed E-state index contributed by atoms with van der Waals surface area (Å²) >= 11 is 0. The molecule has 5 nitrogen and oxygen atoms in total. The van der Waals surface area contributed by atoms with Gasteiger partial charge in [-0.2, -0.15) is 0 Å². The Morgan fingerprint density at radius 2 is 2.29 bits per heavy atom. The standard InChI is InChI=1S/C12H14N2O3/c13-6-8-2-1-3-10(4-8)14-7-9(12(16)17)5-11(14)15/h1-4,9H,5-7,13H2,(H,16,17). The molecule has 0 aliphatic carbocycles. The molecule has 1 fully saturated rings. The SMILES string of the molecule is NCc1cccc(N2CC(C(=O)O)CC2=O)c1. The molecule has 3 N–H and O–H groups in total. The van der Waals surface area contributed by atoms with Gasteiger partial charge in [0, 0.05) is 25.2 Å². The molecule has 1 heterocycles. The van der Waals surface area contributed by atoms with E-state index in [2.05, 4.69) is 0 Å². The molecule has 0 spiro atoms. The Morgan fingerprint density at radius 1 is 1.53 bits per heavy atom. The third kappa shape index (κ3) is 2.29. The number of anilines is 1. The zero-order valence-electron chi connectivity index (χ0n) is 9.30. The van der Waals surface area contributed by atoms with Crippen LogP contribution >= 0.6 is 0 Å². The van der Waals surface area contributed by atoms with Crippen LogP contribution in [-0.4, -0.2) is 23.5 Å². The molecule has 0 bridgehead atoms. The second kappa shape index (κ2) is 4.55. The van der Waals surface area contributed by atoms with Crippen molar-refractivity contribution in [2.45, 2.75) is 13.0 Å². The molecule has 1 amide bonds. The van der Waals surface area contributed by atoms with E-state index >= 15 is 0 Å². The van der Waals surface area contributed by atoms with Crippen molar-refractivity contribution >= 4 is 17.6 Å². The summed E-state index contributed by atoms with van der Waals surface area (Å²) in [4.78, 5) is 24.1. The summed E-state index contributed by atoms with van der Waals surface area (Å²) in [7, 11) is 0. The van der Waals surface area contributed by atoms with E-state index in [4.69, 9.17) is 10.8 Å². The number of carboxylic acid groups (broad SMARTS) is 1. The molecule has 0 saturated carbocycles. The highest BCUT2D eigenvalue weighted by Crippen LogP contribution is 2.25. The zero-order chi connectivity index (χ0) is 12.4. The van der Waals surface area contributed by atoms with E-state index in [1.165, 1.54) is 4.90 Å². The van der Waals surface area contributed by atoms with Crippen LogP contribution < -0.4 is 10.6 Å². The molecule has 1 unspecified atom stereocenters. The molecule has 1 aromatic carbocycles. The number of hydrogen-bond acceptors (Lipinski definition) is 3. The summed E-state index contributed by atoms with van der Waals surface area (Å²) < 4.78 is 0. The maximum atomic E-state index is 11.7. The van der Waals surface area contributed by atoms with Gasteiger partial charge in [0.1, 0.15) is 0 Å². The van der Waals surface area contributed by atoms with Crippen LogP contribution in [0.4, 0.5) is 5.69 Å². The minimum absolute atomic E-state index is 0.0716. The number of aliphatic carboxylic acids is 1. The minimum atomic E-state index is -0.921. The normalized spacial score (nSPS) is 19.7. The molecule has 0 aromatic heterocycles. The molecule has 2 rings (SSSR count). The molecular weight excluding hydrogens is 220 g/mol. The maximum absolute atomic E-state index is 11.7. The Bertz CT molecular complexity index is 459. The monoisotopic (exact) mass is 234 g/mol. The Morgan fingerprint density at radius 3 is 2.88 bits per heavy atom. The van der Waals surface area contributed by atoms with Gasteiger partial charge in [0.15, 0.2) is 0 Å². The molecular formula is C12H14N2O3. The van der Waals surface area contributed by atoms with Gasteiger partial charge >= 0.3 is 5.97 Å². The lowest BCUT2D eigenvalue weighted by Crippen LogP contribution is -2.25. The van der Waals surface area contributed by atoms with Gasteiger partial charge in [-0.25, -0.2) is 0 Å². The van der Waals surface area contributed by atoms with E-state index in [-0.39, 0.29) is 18.9 Å². The molecule has 1 atom stereocenters. The summed E-state index contributed by atoms with van der Waals surface area (Å²) in [5, 5.41) is 8.90. The third-order valence-electron chi connectivity index (χ3n) is 2.93. The minimum Gasteiger partial charge on any atom is -0.481 e. The van der Waals surface area contributed by atoms with Crippen LogP contribution in [0.15, 0.2) is 24.3 Å². The van der Waals surface area contributed by atoms with Crippen molar-refractivity contribution in [2.75, 3.05) is 11.4 Å². The first kappa shape index (κ1) is 11.6. The zero-order valence-corrected chi connectivity index (χ0v) is 9.30. The number of amides is 1. The van der Waals surface area contributed by atoms with E-state index in [0.29, 0.717) is 6.54 Å². The van der Waals surface area contributed by atoms with Crippen LogP contribution in [0.3, 0.4) is 0 Å². The summed E-state index contributed by atoms with van der Waals surface area (Å²) in [6.07, 6.45) is 0.0716. The topological polar surface area (TPSA) is 83.6 Å². The average molecular weight is 234 g/mol. The maximum Gasteiger partial charge on any atom is 0.308 e. The van der Waals surface area contributed by atoms with Crippen molar-refractivity contribution in [2.24, 2.45) is 11.7 Å². The smallest absolute Gasteiger partial charge is 0.308 e. The number of carboxylic acids is 1. The summed E-state index contributed by atoms with van der Waals surface area (Å²) in [6, 6.07) is 7.31. The second-order valence-electron chi connectivity index (χ2n) is 4.12. The molecule has 0 radical (unpaired) electrons. The molecule has 1 aliphatic heterocycles. The first-order valence-corrected chi connectivity index (χ1v) is 5.44. The van der Waals surface area contributed by atoms with Crippen molar-refractivity contribution in [1.29, 1.82) is 0 Å². The fourth-order valence-corrected chi connectivity index (χ4v) is 1.97. The summed E-state index contributed by atoms with van der Waals surface area (Å²) in [5.74, 6) is -1.67. The summed E-state index contributed by atoms with van der Waals surface area (Å²) in [6.45, 7) is 0.639. The fourth-order valence-electron chi connectivity index (χ4n) is 1.97. The van der Waals surface area contributed by atoms with E-state index in [1.807, 2.05) is 18.2 Å². The molecule has 90 valence electrons. The number of nitrogens with zero attached hydrogens (tertiary/aromatic N) is 1. The Kier molecular flexibility index (Phi) is 3.10. The van der Waals surface area contributed by atoms with Crippen LogP contribution in [0.2, 0.25) is 0 Å². The van der Waals surface area contributed by atoms with E-state index < -0.39 is 11.9 Å². The Balaban J connectivity index is 2.22. The van der Waals surface area contributed by atoms with Crippen molar-refractivity contribution < 1.29 is 14.7 Å². The predicted molar refractivity (Wildman–Crippen MR) is 62.4 cm³/mol. The van der Waals surface area contributed by atoms with Crippen LogP contribution in [0.1, 0.15) is 12.0 Å². The second-order valence-corrected chi connectivity index (χ2v) is 4.12. The lowest BCUT2D eigenvalue weighted by atomic mass is 10.1. The summed E-state index contributed by atoms with van der Waals surface area (Å²) in [5.41, 5.74) is 7.18. The van der Waals surface area contributed by atoms with Crippen LogP contribution in [-0.2, 0) is 16.1 Å². The van der Waals surface area contributed by atoms with Gasteiger partial charge in [-0.1, -0.05) is 12.1 Å². The first-order chi connectivity index (χ1) is 8.11. The molecule has 1 aromatic rings. The van der Waals surface area contributed by atoms with Gasteiger partial charge < -0.3 is 15.7 Å². The van der Waals surface area contributed by atoms with Gasteiger partial charge in [-0.15, -0.1) is 0 Å². The van der Waals surface area contributed by atoms with Gasteiger partial charge in [-0.05, 0) is 17.7 Å². The molecule has 5 heteroatoms. The van der Waals surface area contributed by atoms with Crippen molar-refractivity contribution in [3.63, 3.8) is 0 Å². The highest BCUT2D eigenvalue weighted by molar-refractivity contribution is 5.99. The first-order valence-electron chi connectivity index (χ1n) is 5.44. The molecule has 1 saturated heterocycles. The van der Waals surface area contributed by atoms with Gasteiger partial charge in [0.25, 0.3) is 0 Å². The molecule has 1 aliphatic rings. The number of carbonyl (C=O) groups is 2. The highest BCUT2D eigenvalue weighted by atomic mass is 16.4. The van der Waals surface area contributed by atoms with E-state index in [1.54, 1.807) is 6.07 Å². The van der Waals surface area contributed by atoms with Crippen LogP contribution in [0, 0.1) is 5.92 Å². The van der Waals surface area contributed by atoms with Crippen molar-refractivity contribution in [3.8, 4) is 0 Å².